The highest BCUT2D eigenvalue weighted by molar-refractivity contribution is 7.48. The molecule has 18 heavy (non-hydrogen) atoms. The van der Waals surface area contributed by atoms with Crippen LogP contribution in [0, 0.1) is 0 Å². The summed E-state index contributed by atoms with van der Waals surface area (Å²) >= 11 is 0. The van der Waals surface area contributed by atoms with Gasteiger partial charge in [0.05, 0.1) is 6.61 Å². The Bertz CT molecular complexity index is 257. The third-order valence-corrected chi connectivity index (χ3v) is 5.72. The zero-order chi connectivity index (χ0) is 13.5. The number of hydrogen-bond donors (Lipinski definition) is 0. The lowest BCUT2D eigenvalue weighted by atomic mass is 10.3. The second-order valence-electron chi connectivity index (χ2n) is 4.79. The van der Waals surface area contributed by atoms with Crippen molar-refractivity contribution in [2.45, 2.75) is 60.3 Å². The highest BCUT2D eigenvalue weighted by Crippen LogP contribution is 2.55. The van der Waals surface area contributed by atoms with Crippen LogP contribution in [0.1, 0.15) is 60.3 Å². The van der Waals surface area contributed by atoms with Crippen molar-refractivity contribution < 1.29 is 4.52 Å². The molecule has 0 amide bonds. The fourth-order valence-electron chi connectivity index (χ4n) is 2.14. The molecule has 0 aromatic heterocycles. The van der Waals surface area contributed by atoms with E-state index in [9.17, 15) is 0 Å². The molecule has 0 aromatic carbocycles. The largest absolute Gasteiger partial charge is 0.323 e. The van der Waals surface area contributed by atoms with Gasteiger partial charge in [-0.15, -0.1) is 0 Å². The standard InChI is InChI=1S/C14H29N2OP/c1-6-9-11-15-13(4)14(5)16(12-10-7-2)18(15)17-8-3/h6-12H2,1-5H3. The van der Waals surface area contributed by atoms with E-state index < -0.39 is 8.45 Å². The Morgan fingerprint density at radius 2 is 1.33 bits per heavy atom. The van der Waals surface area contributed by atoms with E-state index in [2.05, 4.69) is 44.0 Å². The van der Waals surface area contributed by atoms with Gasteiger partial charge >= 0.3 is 0 Å². The molecule has 0 spiro atoms. The van der Waals surface area contributed by atoms with Gasteiger partial charge in [0, 0.05) is 24.5 Å². The predicted molar refractivity (Wildman–Crippen MR) is 80.1 cm³/mol. The highest BCUT2D eigenvalue weighted by atomic mass is 31.2. The lowest BCUT2D eigenvalue weighted by molar-refractivity contribution is 0.312. The molecule has 1 rings (SSSR count). The first-order chi connectivity index (χ1) is 8.67. The third-order valence-electron chi connectivity index (χ3n) is 3.40. The molecule has 0 radical (unpaired) electrons. The first-order valence-electron chi connectivity index (χ1n) is 7.32. The van der Waals surface area contributed by atoms with Crippen molar-refractivity contribution in [3.63, 3.8) is 0 Å². The summed E-state index contributed by atoms with van der Waals surface area (Å²) in [5, 5.41) is 0. The molecule has 1 heterocycles. The smallest absolute Gasteiger partial charge is 0.248 e. The monoisotopic (exact) mass is 272 g/mol. The van der Waals surface area contributed by atoms with Crippen molar-refractivity contribution in [1.29, 1.82) is 0 Å². The summed E-state index contributed by atoms with van der Waals surface area (Å²) < 4.78 is 11.0. The van der Waals surface area contributed by atoms with Gasteiger partial charge in [-0.2, -0.15) is 0 Å². The summed E-state index contributed by atoms with van der Waals surface area (Å²) in [7, 11) is -0.581. The number of allylic oxidation sites excluding steroid dienone is 2. The second-order valence-corrected chi connectivity index (χ2v) is 6.52. The van der Waals surface area contributed by atoms with Crippen molar-refractivity contribution in [2.75, 3.05) is 19.7 Å². The van der Waals surface area contributed by atoms with Crippen LogP contribution < -0.4 is 0 Å². The quantitative estimate of drug-likeness (QED) is 0.595. The first-order valence-corrected chi connectivity index (χ1v) is 8.49. The zero-order valence-electron chi connectivity index (χ0n) is 12.7. The molecule has 0 saturated heterocycles. The fraction of sp³-hybridized carbons (Fsp3) is 0.857. The minimum atomic E-state index is -0.581. The molecule has 3 nitrogen and oxygen atoms in total. The van der Waals surface area contributed by atoms with Gasteiger partial charge in [-0.3, -0.25) is 0 Å². The minimum Gasteiger partial charge on any atom is -0.323 e. The molecule has 4 heteroatoms. The Hall–Kier alpha value is -0.270. The first kappa shape index (κ1) is 15.8. The molecule has 1 aliphatic rings. The van der Waals surface area contributed by atoms with Gasteiger partial charge in [0.2, 0.25) is 8.45 Å². The van der Waals surface area contributed by atoms with Crippen molar-refractivity contribution in [2.24, 2.45) is 0 Å². The Morgan fingerprint density at radius 1 is 0.889 bits per heavy atom. The van der Waals surface area contributed by atoms with E-state index >= 15 is 0 Å². The predicted octanol–water partition coefficient (Wildman–Crippen LogP) is 4.72. The van der Waals surface area contributed by atoms with Crippen molar-refractivity contribution in [3.8, 4) is 0 Å². The van der Waals surface area contributed by atoms with Crippen LogP contribution in [0.15, 0.2) is 11.4 Å². The van der Waals surface area contributed by atoms with E-state index in [1.807, 2.05) is 0 Å². The molecule has 0 N–H and O–H groups in total. The van der Waals surface area contributed by atoms with Gasteiger partial charge in [0.25, 0.3) is 0 Å². The van der Waals surface area contributed by atoms with Gasteiger partial charge in [-0.25, -0.2) is 0 Å². The van der Waals surface area contributed by atoms with E-state index in [0.29, 0.717) is 0 Å². The zero-order valence-corrected chi connectivity index (χ0v) is 13.6. The maximum Gasteiger partial charge on any atom is 0.248 e. The molecule has 106 valence electrons. The molecular formula is C14H29N2OP. The van der Waals surface area contributed by atoms with Crippen LogP contribution in [0.25, 0.3) is 0 Å². The van der Waals surface area contributed by atoms with Crippen LogP contribution >= 0.6 is 8.45 Å². The minimum absolute atomic E-state index is 0.581. The van der Waals surface area contributed by atoms with Gasteiger partial charge < -0.3 is 13.9 Å². The Balaban J connectivity index is 2.76. The third kappa shape index (κ3) is 3.61. The SMILES string of the molecule is CCCCN1C(C)=C(C)N(CCCC)P1OCC. The summed E-state index contributed by atoms with van der Waals surface area (Å²) in [6, 6.07) is 0. The summed E-state index contributed by atoms with van der Waals surface area (Å²) in [4.78, 5) is 0. The van der Waals surface area contributed by atoms with Crippen LogP contribution in [0.3, 0.4) is 0 Å². The number of hydrogen-bond acceptors (Lipinski definition) is 3. The van der Waals surface area contributed by atoms with Gasteiger partial charge in [0.1, 0.15) is 0 Å². The summed E-state index contributed by atoms with van der Waals surface area (Å²) in [6.07, 6.45) is 4.98. The van der Waals surface area contributed by atoms with Crippen LogP contribution in [0.5, 0.6) is 0 Å². The Kier molecular flexibility index (Phi) is 7.03. The fourth-order valence-corrected chi connectivity index (χ4v) is 4.34. The lowest BCUT2D eigenvalue weighted by Gasteiger charge is -2.32. The number of rotatable bonds is 8. The molecular weight excluding hydrogens is 243 g/mol. The van der Waals surface area contributed by atoms with E-state index in [0.717, 1.165) is 19.7 Å². The number of unbranched alkanes of at least 4 members (excludes halogenated alkanes) is 2. The summed E-state index contributed by atoms with van der Waals surface area (Å²) in [6.45, 7) is 14.1. The number of nitrogens with zero attached hydrogens (tertiary/aromatic N) is 2. The van der Waals surface area contributed by atoms with Crippen LogP contribution in [-0.2, 0) is 4.52 Å². The maximum absolute atomic E-state index is 6.04. The van der Waals surface area contributed by atoms with E-state index in [1.165, 1.54) is 37.1 Å². The van der Waals surface area contributed by atoms with E-state index in [-0.39, 0.29) is 0 Å². The highest BCUT2D eigenvalue weighted by Gasteiger charge is 2.35. The van der Waals surface area contributed by atoms with Gasteiger partial charge in [-0.1, -0.05) is 26.7 Å². The normalized spacial score (nSPS) is 17.2. The van der Waals surface area contributed by atoms with E-state index in [1.54, 1.807) is 0 Å². The lowest BCUT2D eigenvalue weighted by Crippen LogP contribution is -2.21. The molecule has 0 atom stereocenters. The summed E-state index contributed by atoms with van der Waals surface area (Å²) in [5.74, 6) is 0. The summed E-state index contributed by atoms with van der Waals surface area (Å²) in [5.41, 5.74) is 2.83. The van der Waals surface area contributed by atoms with Crippen molar-refractivity contribution >= 4 is 8.45 Å². The second kappa shape index (κ2) is 8.01. The van der Waals surface area contributed by atoms with Crippen molar-refractivity contribution in [1.82, 2.24) is 9.34 Å². The average Bonchev–Trinajstić information content (AvgIpc) is 2.58. The maximum atomic E-state index is 6.04. The molecule has 0 aromatic rings. The molecule has 0 aliphatic carbocycles. The van der Waals surface area contributed by atoms with Crippen LogP contribution in [0.4, 0.5) is 0 Å². The topological polar surface area (TPSA) is 15.7 Å². The Labute approximate surface area is 114 Å². The molecule has 0 fully saturated rings. The molecule has 0 bridgehead atoms. The molecule has 0 saturated carbocycles. The van der Waals surface area contributed by atoms with Crippen LogP contribution in [0.2, 0.25) is 0 Å². The van der Waals surface area contributed by atoms with Crippen LogP contribution in [-0.4, -0.2) is 29.0 Å². The van der Waals surface area contributed by atoms with Gasteiger partial charge in [-0.05, 0) is 33.6 Å². The van der Waals surface area contributed by atoms with Gasteiger partial charge in [0.15, 0.2) is 0 Å². The van der Waals surface area contributed by atoms with Crippen molar-refractivity contribution in [3.05, 3.63) is 11.4 Å². The Morgan fingerprint density at radius 3 is 1.67 bits per heavy atom. The average molecular weight is 272 g/mol. The molecule has 0 unspecified atom stereocenters. The van der Waals surface area contributed by atoms with E-state index in [4.69, 9.17) is 4.52 Å². The molecule has 1 aliphatic heterocycles.